The van der Waals surface area contributed by atoms with Crippen molar-refractivity contribution in [2.24, 2.45) is 0 Å². The zero-order valence-corrected chi connectivity index (χ0v) is 18.3. The van der Waals surface area contributed by atoms with E-state index in [4.69, 9.17) is 0 Å². The van der Waals surface area contributed by atoms with Crippen LogP contribution in [0.4, 0.5) is 5.69 Å². The first-order valence-electron chi connectivity index (χ1n) is 10.1. The number of benzene rings is 2. The molecule has 0 saturated heterocycles. The molecule has 1 aliphatic rings. The van der Waals surface area contributed by atoms with Crippen molar-refractivity contribution in [1.82, 2.24) is 9.55 Å². The summed E-state index contributed by atoms with van der Waals surface area (Å²) in [6, 6.07) is 12.7. The predicted molar refractivity (Wildman–Crippen MR) is 124 cm³/mol. The van der Waals surface area contributed by atoms with Gasteiger partial charge in [0.1, 0.15) is 0 Å². The number of Topliss-reactive ketones (excluding diaryl/α,β-unsaturated/α-hetero) is 1. The smallest absolute Gasteiger partial charge is 0.262 e. The molecular formula is C24H23N3O3S. The van der Waals surface area contributed by atoms with Gasteiger partial charge in [-0.2, -0.15) is 0 Å². The second kappa shape index (κ2) is 8.51. The van der Waals surface area contributed by atoms with Crippen molar-refractivity contribution >= 4 is 40.0 Å². The van der Waals surface area contributed by atoms with Gasteiger partial charge in [-0.15, -0.1) is 6.58 Å². The van der Waals surface area contributed by atoms with E-state index in [1.807, 2.05) is 31.2 Å². The van der Waals surface area contributed by atoms with Crippen LogP contribution in [0.1, 0.15) is 29.8 Å². The highest BCUT2D eigenvalue weighted by molar-refractivity contribution is 8.00. The normalized spacial score (nSPS) is 13.8. The minimum atomic E-state index is -0.438. The fourth-order valence-electron chi connectivity index (χ4n) is 3.86. The molecule has 0 aliphatic carbocycles. The zero-order valence-electron chi connectivity index (χ0n) is 17.5. The lowest BCUT2D eigenvalue weighted by Gasteiger charge is -2.16. The first-order chi connectivity index (χ1) is 14.9. The average molecular weight is 434 g/mol. The van der Waals surface area contributed by atoms with Gasteiger partial charge in [0.15, 0.2) is 10.9 Å². The largest absolute Gasteiger partial charge is 0.312 e. The lowest BCUT2D eigenvalue weighted by atomic mass is 10.0. The molecule has 158 valence electrons. The molecule has 1 aliphatic heterocycles. The quantitative estimate of drug-likeness (QED) is 0.256. The van der Waals surface area contributed by atoms with Gasteiger partial charge in [0.2, 0.25) is 5.91 Å². The molecule has 31 heavy (non-hydrogen) atoms. The van der Waals surface area contributed by atoms with Gasteiger partial charge in [-0.1, -0.05) is 30.0 Å². The highest BCUT2D eigenvalue weighted by Crippen LogP contribution is 2.31. The molecule has 0 spiro atoms. The third kappa shape index (κ3) is 3.93. The molecule has 2 aromatic carbocycles. The molecule has 0 N–H and O–H groups in total. The van der Waals surface area contributed by atoms with Crippen LogP contribution in [0.15, 0.2) is 65.1 Å². The van der Waals surface area contributed by atoms with Crippen molar-refractivity contribution in [3.05, 3.63) is 76.6 Å². The number of fused-ring (bicyclic) bond motifs is 2. The van der Waals surface area contributed by atoms with E-state index in [0.717, 1.165) is 17.7 Å². The Hall–Kier alpha value is -3.19. The lowest BCUT2D eigenvalue weighted by Crippen LogP contribution is -2.25. The highest BCUT2D eigenvalue weighted by Gasteiger charge is 2.25. The van der Waals surface area contributed by atoms with Crippen molar-refractivity contribution < 1.29 is 9.59 Å². The van der Waals surface area contributed by atoms with Gasteiger partial charge >= 0.3 is 0 Å². The van der Waals surface area contributed by atoms with Crippen LogP contribution in [0.5, 0.6) is 0 Å². The highest BCUT2D eigenvalue weighted by atomic mass is 32.2. The van der Waals surface area contributed by atoms with Crippen LogP contribution in [-0.2, 0) is 17.8 Å². The van der Waals surface area contributed by atoms with E-state index < -0.39 is 5.25 Å². The van der Waals surface area contributed by atoms with E-state index >= 15 is 0 Å². The number of carbonyl (C=O) groups excluding carboxylic acids is 2. The standard InChI is InChI=1S/C24H23N3O3S/c1-4-12-27-23(30)19-7-5-6-8-20(19)25-24(27)31-15(2)22(29)18-9-10-21-17(14-18)11-13-26(21)16(3)28/h4-10,14-15H,1,11-13H2,2-3H3/t15-/m0/s1. The van der Waals surface area contributed by atoms with E-state index in [0.29, 0.717) is 34.7 Å². The molecule has 1 amide bonds. The monoisotopic (exact) mass is 433 g/mol. The maximum atomic E-state index is 13.1. The van der Waals surface area contributed by atoms with Crippen molar-refractivity contribution in [3.63, 3.8) is 0 Å². The lowest BCUT2D eigenvalue weighted by molar-refractivity contribution is -0.116. The Balaban J connectivity index is 1.63. The zero-order chi connectivity index (χ0) is 22.1. The summed E-state index contributed by atoms with van der Waals surface area (Å²) in [6.45, 7) is 8.07. The molecule has 2 heterocycles. The van der Waals surface area contributed by atoms with Crippen LogP contribution in [0.2, 0.25) is 0 Å². The summed E-state index contributed by atoms with van der Waals surface area (Å²) in [6.07, 6.45) is 2.39. The Morgan fingerprint density at radius 1 is 1.26 bits per heavy atom. The first-order valence-corrected chi connectivity index (χ1v) is 11.0. The van der Waals surface area contributed by atoms with Gasteiger partial charge < -0.3 is 4.90 Å². The van der Waals surface area contributed by atoms with Gasteiger partial charge in [-0.3, -0.25) is 19.0 Å². The van der Waals surface area contributed by atoms with Gasteiger partial charge in [-0.05, 0) is 49.2 Å². The molecule has 1 atom stereocenters. The summed E-state index contributed by atoms with van der Waals surface area (Å²) in [5.74, 6) is -0.0362. The number of thioether (sulfide) groups is 1. The van der Waals surface area contributed by atoms with E-state index in [-0.39, 0.29) is 17.2 Å². The molecule has 7 heteroatoms. The number of nitrogens with zero attached hydrogens (tertiary/aromatic N) is 3. The number of allylic oxidation sites excluding steroid dienone is 1. The summed E-state index contributed by atoms with van der Waals surface area (Å²) in [4.78, 5) is 44.2. The van der Waals surface area contributed by atoms with Crippen molar-refractivity contribution in [2.45, 2.75) is 37.2 Å². The predicted octanol–water partition coefficient (Wildman–Crippen LogP) is 3.86. The van der Waals surface area contributed by atoms with Crippen molar-refractivity contribution in [1.29, 1.82) is 0 Å². The summed E-state index contributed by atoms with van der Waals surface area (Å²) in [7, 11) is 0. The van der Waals surface area contributed by atoms with E-state index in [1.165, 1.54) is 11.8 Å². The van der Waals surface area contributed by atoms with Crippen LogP contribution in [0, 0.1) is 0 Å². The van der Waals surface area contributed by atoms with Crippen molar-refractivity contribution in [2.75, 3.05) is 11.4 Å². The molecule has 6 nitrogen and oxygen atoms in total. The Morgan fingerprint density at radius 3 is 2.77 bits per heavy atom. The molecule has 0 unspecified atom stereocenters. The van der Waals surface area contributed by atoms with Gasteiger partial charge in [0, 0.05) is 31.3 Å². The number of anilines is 1. The summed E-state index contributed by atoms with van der Waals surface area (Å²) >= 11 is 1.27. The minimum absolute atomic E-state index is 0.00400. The number of amides is 1. The average Bonchev–Trinajstić information content (AvgIpc) is 3.19. The number of hydrogen-bond donors (Lipinski definition) is 0. The van der Waals surface area contributed by atoms with Crippen LogP contribution in [0.25, 0.3) is 10.9 Å². The fraction of sp³-hybridized carbons (Fsp3) is 0.250. The number of hydrogen-bond acceptors (Lipinski definition) is 5. The maximum Gasteiger partial charge on any atom is 0.262 e. The number of carbonyl (C=O) groups is 2. The third-order valence-electron chi connectivity index (χ3n) is 5.43. The first kappa shape index (κ1) is 21.1. The van der Waals surface area contributed by atoms with E-state index in [1.54, 1.807) is 40.7 Å². The van der Waals surface area contributed by atoms with Crippen LogP contribution in [0.3, 0.4) is 0 Å². The molecule has 0 radical (unpaired) electrons. The third-order valence-corrected chi connectivity index (χ3v) is 6.52. The number of para-hydroxylation sites is 1. The summed E-state index contributed by atoms with van der Waals surface area (Å²) in [5.41, 5.74) is 2.94. The van der Waals surface area contributed by atoms with E-state index in [9.17, 15) is 14.4 Å². The Morgan fingerprint density at radius 2 is 2.03 bits per heavy atom. The van der Waals surface area contributed by atoms with Gasteiger partial charge in [-0.25, -0.2) is 4.98 Å². The summed E-state index contributed by atoms with van der Waals surface area (Å²) < 4.78 is 1.55. The number of aromatic nitrogens is 2. The van der Waals surface area contributed by atoms with Crippen LogP contribution >= 0.6 is 11.8 Å². The molecular weight excluding hydrogens is 410 g/mol. The number of rotatable bonds is 6. The maximum absolute atomic E-state index is 13.1. The minimum Gasteiger partial charge on any atom is -0.312 e. The van der Waals surface area contributed by atoms with Crippen LogP contribution < -0.4 is 10.5 Å². The molecule has 0 saturated carbocycles. The molecule has 1 aromatic heterocycles. The summed E-state index contributed by atoms with van der Waals surface area (Å²) in [5, 5.41) is 0.599. The SMILES string of the molecule is C=CCn1c(S[C@@H](C)C(=O)c2ccc3c(c2)CCN3C(C)=O)nc2ccccc2c1=O. The van der Waals surface area contributed by atoms with Gasteiger partial charge in [0.05, 0.1) is 16.2 Å². The Labute approximate surface area is 184 Å². The topological polar surface area (TPSA) is 72.3 Å². The molecule has 0 fully saturated rings. The second-order valence-corrected chi connectivity index (χ2v) is 8.81. The molecule has 0 bridgehead atoms. The molecule has 4 rings (SSSR count). The Kier molecular flexibility index (Phi) is 5.78. The van der Waals surface area contributed by atoms with Crippen LogP contribution in [-0.4, -0.2) is 33.0 Å². The Bertz CT molecular complexity index is 1260. The molecule has 3 aromatic rings. The number of ketones is 1. The van der Waals surface area contributed by atoms with Gasteiger partial charge in [0.25, 0.3) is 5.56 Å². The van der Waals surface area contributed by atoms with Crippen molar-refractivity contribution in [3.8, 4) is 0 Å². The second-order valence-electron chi connectivity index (χ2n) is 7.50. The van der Waals surface area contributed by atoms with E-state index in [2.05, 4.69) is 11.6 Å². The fourth-order valence-corrected chi connectivity index (χ4v) is 4.85.